The molecule has 57 heavy (non-hydrogen) atoms. The first kappa shape index (κ1) is 55.4. The van der Waals surface area contributed by atoms with E-state index in [-0.39, 0.29) is 31.1 Å². The van der Waals surface area contributed by atoms with Crippen LogP contribution >= 0.6 is 0 Å². The van der Waals surface area contributed by atoms with E-state index in [0.29, 0.717) is 19.3 Å². The van der Waals surface area contributed by atoms with Crippen molar-refractivity contribution >= 4 is 17.9 Å². The summed E-state index contributed by atoms with van der Waals surface area (Å²) in [7, 11) is 0. The van der Waals surface area contributed by atoms with Crippen molar-refractivity contribution in [3.63, 3.8) is 0 Å². The largest absolute Gasteiger partial charge is 0.462 e. The van der Waals surface area contributed by atoms with Crippen molar-refractivity contribution < 1.29 is 28.6 Å². The monoisotopic (exact) mass is 807 g/mol. The lowest BCUT2D eigenvalue weighted by Gasteiger charge is -2.18. The second-order valence-corrected chi connectivity index (χ2v) is 17.9. The number of hydrogen-bond donors (Lipinski definition) is 0. The Labute approximate surface area is 355 Å². The fraction of sp³-hybridized carbons (Fsp3) is 0.941. The van der Waals surface area contributed by atoms with Gasteiger partial charge in [0.25, 0.3) is 0 Å². The van der Waals surface area contributed by atoms with Crippen molar-refractivity contribution in [1.82, 2.24) is 0 Å². The third kappa shape index (κ3) is 42.3. The molecule has 0 aromatic carbocycles. The third-order valence-corrected chi connectivity index (χ3v) is 12.2. The molecule has 0 aliphatic carbocycles. The molecule has 6 heteroatoms. The predicted molar refractivity (Wildman–Crippen MR) is 243 cm³/mol. The number of carbonyl (C=O) groups is 3. The summed E-state index contributed by atoms with van der Waals surface area (Å²) in [5.41, 5.74) is 0. The van der Waals surface area contributed by atoms with Gasteiger partial charge in [-0.05, 0) is 31.1 Å². The Morgan fingerprint density at radius 3 is 0.912 bits per heavy atom. The lowest BCUT2D eigenvalue weighted by molar-refractivity contribution is -0.167. The highest BCUT2D eigenvalue weighted by atomic mass is 16.6. The molecule has 0 N–H and O–H groups in total. The first-order chi connectivity index (χ1) is 27.8. The lowest BCUT2D eigenvalue weighted by atomic mass is 9.99. The van der Waals surface area contributed by atoms with Crippen molar-refractivity contribution in [2.24, 2.45) is 11.8 Å². The van der Waals surface area contributed by atoms with Crippen LogP contribution in [0.15, 0.2) is 0 Å². The van der Waals surface area contributed by atoms with Gasteiger partial charge in [0.05, 0.1) is 0 Å². The van der Waals surface area contributed by atoms with E-state index in [1.54, 1.807) is 0 Å². The molecule has 0 fully saturated rings. The smallest absolute Gasteiger partial charge is 0.306 e. The van der Waals surface area contributed by atoms with Crippen LogP contribution in [0.1, 0.15) is 279 Å². The van der Waals surface area contributed by atoms with Gasteiger partial charge in [0.2, 0.25) is 0 Å². The van der Waals surface area contributed by atoms with E-state index in [4.69, 9.17) is 14.2 Å². The van der Waals surface area contributed by atoms with E-state index < -0.39 is 6.10 Å². The summed E-state index contributed by atoms with van der Waals surface area (Å²) in [6, 6.07) is 0. The Kier molecular flexibility index (Phi) is 42.7. The minimum Gasteiger partial charge on any atom is -0.462 e. The van der Waals surface area contributed by atoms with Crippen molar-refractivity contribution in [2.45, 2.75) is 285 Å². The molecule has 0 saturated heterocycles. The fourth-order valence-electron chi connectivity index (χ4n) is 7.57. The van der Waals surface area contributed by atoms with Crippen LogP contribution in [0.25, 0.3) is 0 Å². The number of esters is 3. The van der Waals surface area contributed by atoms with Crippen LogP contribution in [0, 0.1) is 11.8 Å². The summed E-state index contributed by atoms with van der Waals surface area (Å²) in [5.74, 6) is 0.863. The minimum absolute atomic E-state index is 0.0643. The Bertz CT molecular complexity index is 874. The maximum Gasteiger partial charge on any atom is 0.306 e. The summed E-state index contributed by atoms with van der Waals surface area (Å²) < 4.78 is 16.8. The van der Waals surface area contributed by atoms with E-state index in [0.717, 1.165) is 69.6 Å². The van der Waals surface area contributed by atoms with E-state index in [2.05, 4.69) is 34.6 Å². The quantitative estimate of drug-likeness (QED) is 0.0346. The van der Waals surface area contributed by atoms with Crippen LogP contribution in [-0.4, -0.2) is 37.2 Å². The summed E-state index contributed by atoms with van der Waals surface area (Å²) in [6.07, 6.45) is 43.6. The van der Waals surface area contributed by atoms with Crippen molar-refractivity contribution in [3.05, 3.63) is 0 Å². The van der Waals surface area contributed by atoms with Gasteiger partial charge in [0.15, 0.2) is 6.10 Å². The van der Waals surface area contributed by atoms with Gasteiger partial charge in [-0.25, -0.2) is 0 Å². The molecule has 0 saturated carbocycles. The van der Waals surface area contributed by atoms with Crippen LogP contribution in [0.3, 0.4) is 0 Å². The van der Waals surface area contributed by atoms with Crippen LogP contribution < -0.4 is 0 Å². The average molecular weight is 807 g/mol. The predicted octanol–water partition coefficient (Wildman–Crippen LogP) is 16.1. The maximum absolute atomic E-state index is 12.8. The topological polar surface area (TPSA) is 78.9 Å². The molecule has 0 aromatic rings. The van der Waals surface area contributed by atoms with Crippen LogP contribution in [0.4, 0.5) is 0 Å². The van der Waals surface area contributed by atoms with Gasteiger partial charge in [-0.2, -0.15) is 0 Å². The fourth-order valence-corrected chi connectivity index (χ4v) is 7.57. The Morgan fingerprint density at radius 1 is 0.351 bits per heavy atom. The lowest BCUT2D eigenvalue weighted by Crippen LogP contribution is -2.30. The number of hydrogen-bond acceptors (Lipinski definition) is 6. The van der Waals surface area contributed by atoms with E-state index in [1.165, 1.54) is 167 Å². The Hall–Kier alpha value is -1.59. The highest BCUT2D eigenvalue weighted by Crippen LogP contribution is 2.18. The first-order valence-electron chi connectivity index (χ1n) is 25.3. The molecule has 338 valence electrons. The van der Waals surface area contributed by atoms with Crippen LogP contribution in [-0.2, 0) is 28.6 Å². The number of carbonyl (C=O) groups excluding carboxylic acids is 3. The molecule has 0 rings (SSSR count). The van der Waals surface area contributed by atoms with Gasteiger partial charge in [-0.1, -0.05) is 240 Å². The number of ether oxygens (including phenoxy) is 3. The highest BCUT2D eigenvalue weighted by Gasteiger charge is 2.19. The van der Waals surface area contributed by atoms with E-state index >= 15 is 0 Å². The molecule has 0 spiro atoms. The van der Waals surface area contributed by atoms with Gasteiger partial charge in [0, 0.05) is 19.3 Å². The molecule has 0 heterocycles. The zero-order valence-electron chi connectivity index (χ0n) is 39.0. The summed E-state index contributed by atoms with van der Waals surface area (Å²) in [6.45, 7) is 11.4. The van der Waals surface area contributed by atoms with Gasteiger partial charge in [0.1, 0.15) is 13.2 Å². The molecule has 0 aliphatic heterocycles. The second kappa shape index (κ2) is 44.0. The molecule has 0 aromatic heterocycles. The summed E-state index contributed by atoms with van der Waals surface area (Å²) >= 11 is 0. The normalized spacial score (nSPS) is 13.0. The van der Waals surface area contributed by atoms with E-state index in [1.807, 2.05) is 0 Å². The number of unbranched alkanes of at least 4 members (excludes halogenated alkanes) is 28. The SMILES string of the molecule is CCCCCCCCCCCCCCCC(=O)OC[C@@H](COC(=O)CCCCCCCCCCCCC(C)CC)OC(=O)CCCCCCCCCCC(C)CC. The highest BCUT2D eigenvalue weighted by molar-refractivity contribution is 5.71. The summed E-state index contributed by atoms with van der Waals surface area (Å²) in [5, 5.41) is 0. The Balaban J connectivity index is 4.34. The van der Waals surface area contributed by atoms with Gasteiger partial charge >= 0.3 is 17.9 Å². The average Bonchev–Trinajstić information content (AvgIpc) is 3.21. The molecule has 0 bridgehead atoms. The Morgan fingerprint density at radius 2 is 0.614 bits per heavy atom. The molecule has 0 radical (unpaired) electrons. The third-order valence-electron chi connectivity index (χ3n) is 12.2. The van der Waals surface area contributed by atoms with Crippen LogP contribution in [0.5, 0.6) is 0 Å². The molecular formula is C51H98O6. The molecular weight excluding hydrogens is 709 g/mol. The first-order valence-corrected chi connectivity index (χ1v) is 25.3. The molecule has 6 nitrogen and oxygen atoms in total. The van der Waals surface area contributed by atoms with Crippen LogP contribution in [0.2, 0.25) is 0 Å². The van der Waals surface area contributed by atoms with E-state index in [9.17, 15) is 14.4 Å². The summed E-state index contributed by atoms with van der Waals surface area (Å²) in [4.78, 5) is 37.9. The van der Waals surface area contributed by atoms with Crippen molar-refractivity contribution in [2.75, 3.05) is 13.2 Å². The molecule has 0 aliphatic rings. The number of rotatable bonds is 45. The molecule has 2 unspecified atom stereocenters. The molecule has 3 atom stereocenters. The zero-order chi connectivity index (χ0) is 41.9. The van der Waals surface area contributed by atoms with Crippen molar-refractivity contribution in [1.29, 1.82) is 0 Å². The van der Waals surface area contributed by atoms with Gasteiger partial charge < -0.3 is 14.2 Å². The van der Waals surface area contributed by atoms with Gasteiger partial charge in [-0.15, -0.1) is 0 Å². The maximum atomic E-state index is 12.8. The molecule has 0 amide bonds. The standard InChI is InChI=1S/C51H98O6/c1-6-9-10-11-12-13-14-15-16-20-26-31-36-41-49(52)55-44-48(57-51(54)43-38-33-28-23-22-25-30-35-40-47(5)8-3)45-56-50(53)42-37-32-27-21-18-17-19-24-29-34-39-46(4)7-2/h46-48H,6-45H2,1-5H3/t46?,47?,48-/m0/s1. The van der Waals surface area contributed by atoms with Gasteiger partial charge in [-0.3, -0.25) is 14.4 Å². The minimum atomic E-state index is -0.762. The zero-order valence-corrected chi connectivity index (χ0v) is 39.0. The van der Waals surface area contributed by atoms with Crippen molar-refractivity contribution in [3.8, 4) is 0 Å². The second-order valence-electron chi connectivity index (χ2n) is 17.9.